The van der Waals surface area contributed by atoms with Gasteiger partial charge < -0.3 is 9.15 Å². The van der Waals surface area contributed by atoms with Gasteiger partial charge in [0.1, 0.15) is 16.9 Å². The Morgan fingerprint density at radius 1 is 0.960 bits per heavy atom. The second-order valence-electron chi connectivity index (χ2n) is 5.13. The van der Waals surface area contributed by atoms with Crippen molar-refractivity contribution in [3.8, 4) is 5.75 Å². The Hall–Kier alpha value is -3.61. The molecule has 0 aliphatic heterocycles. The van der Waals surface area contributed by atoms with Crippen molar-refractivity contribution in [1.82, 2.24) is 10.9 Å². The van der Waals surface area contributed by atoms with E-state index in [1.54, 1.807) is 48.5 Å². The monoisotopic (exact) mass is 338 g/mol. The van der Waals surface area contributed by atoms with Crippen LogP contribution in [0, 0.1) is 0 Å². The molecule has 0 aliphatic carbocycles. The first kappa shape index (κ1) is 16.3. The lowest BCUT2D eigenvalue weighted by molar-refractivity contribution is 0.0844. The van der Waals surface area contributed by atoms with Crippen LogP contribution in [0.25, 0.3) is 11.0 Å². The Kier molecular flexibility index (Phi) is 4.47. The summed E-state index contributed by atoms with van der Waals surface area (Å²) < 4.78 is 10.2. The normalized spacial score (nSPS) is 10.3. The fraction of sp³-hybridized carbons (Fsp3) is 0.0556. The summed E-state index contributed by atoms with van der Waals surface area (Å²) in [6, 6.07) is 14.6. The van der Waals surface area contributed by atoms with Crippen molar-refractivity contribution in [1.29, 1.82) is 0 Å². The number of carbonyl (C=O) groups is 2. The van der Waals surface area contributed by atoms with Crippen molar-refractivity contribution in [3.05, 3.63) is 76.1 Å². The van der Waals surface area contributed by atoms with Gasteiger partial charge in [-0.05, 0) is 30.3 Å². The van der Waals surface area contributed by atoms with Gasteiger partial charge in [-0.25, -0.2) is 4.79 Å². The predicted molar refractivity (Wildman–Crippen MR) is 90.4 cm³/mol. The maximum absolute atomic E-state index is 12.2. The molecule has 3 aromatic rings. The molecule has 25 heavy (non-hydrogen) atoms. The largest absolute Gasteiger partial charge is 0.497 e. The number of amides is 2. The van der Waals surface area contributed by atoms with Crippen LogP contribution in [0.5, 0.6) is 5.75 Å². The summed E-state index contributed by atoms with van der Waals surface area (Å²) in [6.07, 6.45) is 0. The molecule has 0 unspecified atom stereocenters. The number of hydrogen-bond donors (Lipinski definition) is 2. The van der Waals surface area contributed by atoms with Crippen molar-refractivity contribution in [2.24, 2.45) is 0 Å². The van der Waals surface area contributed by atoms with Crippen LogP contribution in [-0.4, -0.2) is 18.9 Å². The summed E-state index contributed by atoms with van der Waals surface area (Å²) in [7, 11) is 1.50. The molecular formula is C18H14N2O5. The number of rotatable bonds is 3. The highest BCUT2D eigenvalue weighted by Crippen LogP contribution is 2.20. The Bertz CT molecular complexity index is 995. The van der Waals surface area contributed by atoms with E-state index in [2.05, 4.69) is 10.9 Å². The molecule has 0 saturated heterocycles. The molecule has 2 N–H and O–H groups in total. The number of carbonyl (C=O) groups excluding carboxylic acids is 2. The zero-order chi connectivity index (χ0) is 17.8. The van der Waals surface area contributed by atoms with Crippen molar-refractivity contribution >= 4 is 22.8 Å². The third-order valence-electron chi connectivity index (χ3n) is 3.51. The fourth-order valence-corrected chi connectivity index (χ4v) is 2.22. The van der Waals surface area contributed by atoms with Gasteiger partial charge in [-0.2, -0.15) is 0 Å². The van der Waals surface area contributed by atoms with Crippen molar-refractivity contribution in [3.63, 3.8) is 0 Å². The van der Waals surface area contributed by atoms with Gasteiger partial charge in [0.05, 0.1) is 7.11 Å². The van der Waals surface area contributed by atoms with Gasteiger partial charge in [-0.15, -0.1) is 0 Å². The molecule has 7 heteroatoms. The first-order chi connectivity index (χ1) is 12.1. The minimum absolute atomic E-state index is 0.217. The molecular weight excluding hydrogens is 324 g/mol. The predicted octanol–water partition coefficient (Wildman–Crippen LogP) is 1.88. The van der Waals surface area contributed by atoms with Crippen molar-refractivity contribution in [2.75, 3.05) is 7.11 Å². The maximum atomic E-state index is 12.2. The quantitative estimate of drug-likeness (QED) is 0.561. The molecule has 3 rings (SSSR count). The van der Waals surface area contributed by atoms with Crippen LogP contribution >= 0.6 is 0 Å². The van der Waals surface area contributed by atoms with Gasteiger partial charge in [-0.1, -0.05) is 18.2 Å². The summed E-state index contributed by atoms with van der Waals surface area (Å²) in [5.74, 6) is -0.734. The van der Waals surface area contributed by atoms with E-state index in [0.29, 0.717) is 22.3 Å². The van der Waals surface area contributed by atoms with E-state index in [9.17, 15) is 14.4 Å². The summed E-state index contributed by atoms with van der Waals surface area (Å²) in [5, 5.41) is 0.555. The lowest BCUT2D eigenvalue weighted by Crippen LogP contribution is -2.43. The van der Waals surface area contributed by atoms with Crippen LogP contribution in [0.1, 0.15) is 20.7 Å². The van der Waals surface area contributed by atoms with Crippen LogP contribution in [0.2, 0.25) is 0 Å². The van der Waals surface area contributed by atoms with Crippen LogP contribution in [0.3, 0.4) is 0 Å². The first-order valence-electron chi connectivity index (χ1n) is 7.36. The van der Waals surface area contributed by atoms with Crippen LogP contribution in [0.15, 0.2) is 63.8 Å². The SMILES string of the molecule is COc1ccc2cc(C(=O)NNC(=O)c3ccccc3)c(=O)oc2c1. The van der Waals surface area contributed by atoms with Gasteiger partial charge >= 0.3 is 5.63 Å². The average molecular weight is 338 g/mol. The third kappa shape index (κ3) is 3.50. The standard InChI is InChI=1S/C18H14N2O5/c1-24-13-8-7-12-9-14(18(23)25-15(12)10-13)17(22)20-19-16(21)11-5-3-2-4-6-11/h2-10H,1H3,(H,19,21)(H,20,22). The van der Waals surface area contributed by atoms with E-state index in [4.69, 9.17) is 9.15 Å². The number of benzene rings is 2. The van der Waals surface area contributed by atoms with E-state index in [1.807, 2.05) is 0 Å². The Balaban J connectivity index is 1.79. The van der Waals surface area contributed by atoms with E-state index in [-0.39, 0.29) is 5.56 Å². The maximum Gasteiger partial charge on any atom is 0.349 e. The molecule has 0 atom stereocenters. The van der Waals surface area contributed by atoms with Crippen molar-refractivity contribution < 1.29 is 18.7 Å². The molecule has 0 spiro atoms. The van der Waals surface area contributed by atoms with Gasteiger partial charge in [0.15, 0.2) is 0 Å². The fourth-order valence-electron chi connectivity index (χ4n) is 2.22. The minimum Gasteiger partial charge on any atom is -0.497 e. The van der Waals surface area contributed by atoms with Gasteiger partial charge in [-0.3, -0.25) is 20.4 Å². The van der Waals surface area contributed by atoms with E-state index in [1.165, 1.54) is 13.2 Å². The molecule has 2 amide bonds. The van der Waals surface area contributed by atoms with E-state index in [0.717, 1.165) is 0 Å². The summed E-state index contributed by atoms with van der Waals surface area (Å²) in [4.78, 5) is 36.1. The molecule has 1 heterocycles. The van der Waals surface area contributed by atoms with Crippen LogP contribution < -0.4 is 21.2 Å². The van der Waals surface area contributed by atoms with Gasteiger partial charge in [0.2, 0.25) is 0 Å². The zero-order valence-corrected chi connectivity index (χ0v) is 13.2. The summed E-state index contributed by atoms with van der Waals surface area (Å²) in [6.45, 7) is 0. The number of nitrogens with one attached hydrogen (secondary N) is 2. The van der Waals surface area contributed by atoms with Crippen molar-refractivity contribution in [2.45, 2.75) is 0 Å². The van der Waals surface area contributed by atoms with E-state index >= 15 is 0 Å². The average Bonchev–Trinajstić information content (AvgIpc) is 2.65. The lowest BCUT2D eigenvalue weighted by atomic mass is 10.1. The molecule has 1 aromatic heterocycles. The smallest absolute Gasteiger partial charge is 0.349 e. The molecule has 0 fully saturated rings. The Morgan fingerprint density at radius 3 is 2.40 bits per heavy atom. The van der Waals surface area contributed by atoms with Gasteiger partial charge in [0, 0.05) is 17.0 Å². The van der Waals surface area contributed by atoms with Gasteiger partial charge in [0.25, 0.3) is 11.8 Å². The van der Waals surface area contributed by atoms with E-state index < -0.39 is 17.4 Å². The second kappa shape index (κ2) is 6.88. The summed E-state index contributed by atoms with van der Waals surface area (Å²) in [5.41, 5.74) is 4.10. The highest BCUT2D eigenvalue weighted by molar-refractivity contribution is 6.00. The highest BCUT2D eigenvalue weighted by Gasteiger charge is 2.15. The molecule has 0 aliphatic rings. The molecule has 2 aromatic carbocycles. The number of ether oxygens (including phenoxy) is 1. The molecule has 0 saturated carbocycles. The number of methoxy groups -OCH3 is 1. The minimum atomic E-state index is -0.813. The zero-order valence-electron chi connectivity index (χ0n) is 13.2. The second-order valence-corrected chi connectivity index (χ2v) is 5.13. The Labute approximate surface area is 142 Å². The number of hydrazine groups is 1. The topological polar surface area (TPSA) is 97.6 Å². The highest BCUT2D eigenvalue weighted by atomic mass is 16.5. The van der Waals surface area contributed by atoms with Crippen LogP contribution in [-0.2, 0) is 0 Å². The third-order valence-corrected chi connectivity index (χ3v) is 3.51. The lowest BCUT2D eigenvalue weighted by Gasteiger charge is -2.07. The summed E-state index contributed by atoms with van der Waals surface area (Å²) >= 11 is 0. The first-order valence-corrected chi connectivity index (χ1v) is 7.36. The van der Waals surface area contributed by atoms with Crippen LogP contribution in [0.4, 0.5) is 0 Å². The molecule has 7 nitrogen and oxygen atoms in total. The number of fused-ring (bicyclic) bond motifs is 1. The molecule has 0 radical (unpaired) electrons. The number of hydrogen-bond acceptors (Lipinski definition) is 5. The molecule has 126 valence electrons. The molecule has 0 bridgehead atoms. The Morgan fingerprint density at radius 2 is 1.68 bits per heavy atom.